The number of nitrogens with one attached hydrogen (secondary N) is 1. The summed E-state index contributed by atoms with van der Waals surface area (Å²) in [4.78, 5) is 16.4. The monoisotopic (exact) mass is 288 g/mol. The lowest BCUT2D eigenvalue weighted by molar-refractivity contribution is -0.122. The van der Waals surface area contributed by atoms with Crippen molar-refractivity contribution in [2.24, 2.45) is 22.7 Å². The van der Waals surface area contributed by atoms with Gasteiger partial charge in [0.2, 0.25) is 5.91 Å². The Labute approximate surface area is 115 Å². The van der Waals surface area contributed by atoms with E-state index in [9.17, 15) is 13.6 Å². The molecule has 2 saturated carbocycles. The fraction of sp³-hybridized carbons (Fsp3) is 0.846. The van der Waals surface area contributed by atoms with E-state index in [1.165, 1.54) is 11.8 Å². The number of halogens is 2. The van der Waals surface area contributed by atoms with Crippen molar-refractivity contribution in [3.8, 4) is 0 Å². The SMILES string of the molecule is CC(C)C1(C)SC(=NC2CC3C(C2)C3(F)F)NC1=O. The van der Waals surface area contributed by atoms with Crippen LogP contribution in [0.15, 0.2) is 4.99 Å². The van der Waals surface area contributed by atoms with Crippen LogP contribution < -0.4 is 5.32 Å². The molecular weight excluding hydrogens is 270 g/mol. The second-order valence-corrected chi connectivity index (χ2v) is 7.70. The van der Waals surface area contributed by atoms with Gasteiger partial charge in [-0.05, 0) is 25.7 Å². The van der Waals surface area contributed by atoms with E-state index in [4.69, 9.17) is 0 Å². The third-order valence-electron chi connectivity index (χ3n) is 4.80. The van der Waals surface area contributed by atoms with Gasteiger partial charge in [-0.3, -0.25) is 9.79 Å². The van der Waals surface area contributed by atoms with Gasteiger partial charge in [0, 0.05) is 11.8 Å². The molecular formula is C13H18F2N2OS. The zero-order valence-electron chi connectivity index (χ0n) is 11.2. The number of nitrogens with zero attached hydrogens (tertiary/aromatic N) is 1. The van der Waals surface area contributed by atoms with Crippen molar-refractivity contribution in [2.75, 3.05) is 0 Å². The van der Waals surface area contributed by atoms with E-state index in [2.05, 4.69) is 10.3 Å². The van der Waals surface area contributed by atoms with Gasteiger partial charge >= 0.3 is 0 Å². The number of amides is 1. The van der Waals surface area contributed by atoms with Crippen LogP contribution in [0.25, 0.3) is 0 Å². The normalized spacial score (nSPS) is 45.7. The largest absolute Gasteiger partial charge is 0.304 e. The van der Waals surface area contributed by atoms with Gasteiger partial charge < -0.3 is 5.32 Å². The number of hydrogen-bond donors (Lipinski definition) is 1. The minimum Gasteiger partial charge on any atom is -0.304 e. The number of rotatable bonds is 2. The minimum atomic E-state index is -2.45. The number of carbonyl (C=O) groups excluding carboxylic acids is 1. The molecule has 3 fully saturated rings. The Morgan fingerprint density at radius 2 is 1.95 bits per heavy atom. The standard InChI is InChI=1S/C13H18F2N2OS/c1-6(2)12(3)10(18)17-11(19-12)16-7-4-8-9(5-7)13(8,14)15/h6-9H,4-5H2,1-3H3,(H,16,17,18). The van der Waals surface area contributed by atoms with Crippen LogP contribution >= 0.6 is 11.8 Å². The van der Waals surface area contributed by atoms with Crippen LogP contribution in [0.3, 0.4) is 0 Å². The van der Waals surface area contributed by atoms with Crippen molar-refractivity contribution in [3.63, 3.8) is 0 Å². The van der Waals surface area contributed by atoms with E-state index in [-0.39, 0.29) is 17.9 Å². The maximum absolute atomic E-state index is 13.1. The van der Waals surface area contributed by atoms with Gasteiger partial charge in [-0.2, -0.15) is 0 Å². The van der Waals surface area contributed by atoms with Crippen LogP contribution in [0.5, 0.6) is 0 Å². The number of fused-ring (bicyclic) bond motifs is 1. The number of alkyl halides is 2. The van der Waals surface area contributed by atoms with Crippen molar-refractivity contribution in [3.05, 3.63) is 0 Å². The van der Waals surface area contributed by atoms with E-state index in [1.807, 2.05) is 20.8 Å². The van der Waals surface area contributed by atoms with Gasteiger partial charge in [0.1, 0.15) is 4.75 Å². The Morgan fingerprint density at radius 1 is 1.37 bits per heavy atom. The molecule has 3 atom stereocenters. The number of amidine groups is 1. The fourth-order valence-corrected chi connectivity index (χ4v) is 4.12. The van der Waals surface area contributed by atoms with Crippen LogP contribution in [-0.2, 0) is 4.79 Å². The summed E-state index contributed by atoms with van der Waals surface area (Å²) >= 11 is 1.43. The number of thioether (sulfide) groups is 1. The highest BCUT2D eigenvalue weighted by atomic mass is 32.2. The zero-order valence-corrected chi connectivity index (χ0v) is 12.1. The summed E-state index contributed by atoms with van der Waals surface area (Å²) in [5.41, 5.74) is 0. The Morgan fingerprint density at radius 3 is 2.42 bits per heavy atom. The molecule has 1 aliphatic heterocycles. The topological polar surface area (TPSA) is 41.5 Å². The first kappa shape index (κ1) is 13.3. The predicted octanol–water partition coefficient (Wildman–Crippen LogP) is 2.66. The summed E-state index contributed by atoms with van der Waals surface area (Å²) < 4.78 is 25.7. The zero-order chi connectivity index (χ0) is 14.0. The Kier molecular flexibility index (Phi) is 2.76. The molecule has 3 aliphatic rings. The van der Waals surface area contributed by atoms with Crippen LogP contribution in [0.1, 0.15) is 33.6 Å². The molecule has 6 heteroatoms. The Hall–Kier alpha value is -0.650. The molecule has 1 N–H and O–H groups in total. The maximum Gasteiger partial charge on any atom is 0.254 e. The quantitative estimate of drug-likeness (QED) is 0.848. The molecule has 0 aromatic rings. The van der Waals surface area contributed by atoms with E-state index in [0.717, 1.165) is 0 Å². The van der Waals surface area contributed by atoms with Crippen LogP contribution in [0.4, 0.5) is 8.78 Å². The number of aliphatic imine (C=N–C) groups is 1. The molecule has 2 aliphatic carbocycles. The van der Waals surface area contributed by atoms with Crippen LogP contribution in [0.2, 0.25) is 0 Å². The van der Waals surface area contributed by atoms with E-state index in [0.29, 0.717) is 18.0 Å². The maximum atomic E-state index is 13.1. The lowest BCUT2D eigenvalue weighted by atomic mass is 9.96. The van der Waals surface area contributed by atoms with Gasteiger partial charge in [0.25, 0.3) is 5.92 Å². The summed E-state index contributed by atoms with van der Waals surface area (Å²) in [5, 5.41) is 3.40. The number of hydrogen-bond acceptors (Lipinski definition) is 3. The van der Waals surface area contributed by atoms with Crippen molar-refractivity contribution in [1.29, 1.82) is 0 Å². The van der Waals surface area contributed by atoms with Gasteiger partial charge in [-0.25, -0.2) is 8.78 Å². The van der Waals surface area contributed by atoms with E-state index in [1.54, 1.807) is 0 Å². The first-order valence-corrected chi connectivity index (χ1v) is 7.53. The average molecular weight is 288 g/mol. The van der Waals surface area contributed by atoms with Gasteiger partial charge in [0.05, 0.1) is 6.04 Å². The molecule has 0 bridgehead atoms. The minimum absolute atomic E-state index is 0.0280. The molecule has 0 radical (unpaired) electrons. The average Bonchev–Trinajstić information content (AvgIpc) is 2.71. The molecule has 1 amide bonds. The molecule has 1 saturated heterocycles. The molecule has 3 unspecified atom stereocenters. The van der Waals surface area contributed by atoms with Crippen molar-refractivity contribution >= 4 is 22.8 Å². The van der Waals surface area contributed by atoms with Gasteiger partial charge in [-0.1, -0.05) is 25.6 Å². The van der Waals surface area contributed by atoms with Crippen LogP contribution in [-0.4, -0.2) is 27.8 Å². The second-order valence-electron chi connectivity index (χ2n) is 6.26. The van der Waals surface area contributed by atoms with Crippen LogP contribution in [0, 0.1) is 17.8 Å². The van der Waals surface area contributed by atoms with Gasteiger partial charge in [0.15, 0.2) is 5.17 Å². The molecule has 0 spiro atoms. The molecule has 0 aromatic heterocycles. The predicted molar refractivity (Wildman–Crippen MR) is 71.4 cm³/mol. The first-order valence-electron chi connectivity index (χ1n) is 6.71. The summed E-state index contributed by atoms with van der Waals surface area (Å²) in [6, 6.07) is -0.0491. The molecule has 3 rings (SSSR count). The molecule has 19 heavy (non-hydrogen) atoms. The molecule has 106 valence electrons. The highest BCUT2D eigenvalue weighted by Crippen LogP contribution is 2.64. The summed E-state index contributed by atoms with van der Waals surface area (Å²) in [7, 11) is 0. The Balaban J connectivity index is 1.66. The highest BCUT2D eigenvalue weighted by molar-refractivity contribution is 8.16. The van der Waals surface area contributed by atoms with Gasteiger partial charge in [-0.15, -0.1) is 0 Å². The lowest BCUT2D eigenvalue weighted by Gasteiger charge is -2.22. The highest BCUT2D eigenvalue weighted by Gasteiger charge is 2.71. The summed E-state index contributed by atoms with van der Waals surface area (Å²) in [6.45, 7) is 5.90. The molecule has 1 heterocycles. The Bertz CT molecular complexity index is 452. The number of carbonyl (C=O) groups is 1. The lowest BCUT2D eigenvalue weighted by Crippen LogP contribution is -2.38. The second kappa shape index (κ2) is 3.93. The summed E-state index contributed by atoms with van der Waals surface area (Å²) in [5.74, 6) is -3.22. The fourth-order valence-electron chi connectivity index (χ4n) is 2.99. The third kappa shape index (κ3) is 1.90. The molecule has 0 aromatic carbocycles. The third-order valence-corrected chi connectivity index (χ3v) is 6.28. The smallest absolute Gasteiger partial charge is 0.254 e. The van der Waals surface area contributed by atoms with Crippen molar-refractivity contribution in [1.82, 2.24) is 5.32 Å². The summed E-state index contributed by atoms with van der Waals surface area (Å²) in [6.07, 6.45) is 0.909. The van der Waals surface area contributed by atoms with Crippen molar-refractivity contribution < 1.29 is 13.6 Å². The first-order chi connectivity index (χ1) is 8.75. The van der Waals surface area contributed by atoms with E-state index < -0.39 is 22.5 Å². The molecule has 3 nitrogen and oxygen atoms in total. The van der Waals surface area contributed by atoms with E-state index >= 15 is 0 Å². The van der Waals surface area contributed by atoms with Crippen molar-refractivity contribution in [2.45, 2.75) is 50.3 Å².